The van der Waals surface area contributed by atoms with Gasteiger partial charge in [0.15, 0.2) is 0 Å². The Hall–Kier alpha value is -2.34. The van der Waals surface area contributed by atoms with E-state index in [4.69, 9.17) is 4.74 Å². The second-order valence-electron chi connectivity index (χ2n) is 5.73. The molecule has 2 aromatic rings. The number of benzene rings is 1. The molecule has 1 aliphatic heterocycles. The van der Waals surface area contributed by atoms with Crippen molar-refractivity contribution in [1.29, 1.82) is 0 Å². The summed E-state index contributed by atoms with van der Waals surface area (Å²) >= 11 is 1.44. The minimum atomic E-state index is -0.150. The molecule has 1 atom stereocenters. The summed E-state index contributed by atoms with van der Waals surface area (Å²) in [5.41, 5.74) is 1.01. The van der Waals surface area contributed by atoms with Crippen LogP contribution in [0.3, 0.4) is 0 Å². The first-order valence-electron chi connectivity index (χ1n) is 7.84. The Balaban J connectivity index is 1.90. The van der Waals surface area contributed by atoms with Crippen molar-refractivity contribution < 1.29 is 14.3 Å². The van der Waals surface area contributed by atoms with E-state index in [0.29, 0.717) is 19.6 Å². The summed E-state index contributed by atoms with van der Waals surface area (Å²) in [7, 11) is 1.62. The molecule has 6 heteroatoms. The second-order valence-corrected chi connectivity index (χ2v) is 6.68. The summed E-state index contributed by atoms with van der Waals surface area (Å²) in [5.74, 6) is 0.833. The molecule has 0 aliphatic carbocycles. The first-order chi connectivity index (χ1) is 11.6. The molecule has 0 spiro atoms. The number of amides is 2. The number of thiophene rings is 1. The van der Waals surface area contributed by atoms with Gasteiger partial charge in [-0.05, 0) is 29.1 Å². The number of carbonyl (C=O) groups is 2. The molecule has 1 aromatic heterocycles. The summed E-state index contributed by atoms with van der Waals surface area (Å²) in [6.07, 6.45) is 0. The minimum absolute atomic E-state index is 0.0222. The van der Waals surface area contributed by atoms with Gasteiger partial charge in [0.05, 0.1) is 18.0 Å². The van der Waals surface area contributed by atoms with E-state index in [0.717, 1.165) is 16.2 Å². The Morgan fingerprint density at radius 1 is 1.17 bits per heavy atom. The smallest absolute Gasteiger partial charge is 0.264 e. The first-order valence-corrected chi connectivity index (χ1v) is 8.72. The lowest BCUT2D eigenvalue weighted by atomic mass is 10.0. The van der Waals surface area contributed by atoms with E-state index in [1.165, 1.54) is 11.3 Å². The summed E-state index contributed by atoms with van der Waals surface area (Å²) in [6.45, 7) is 3.19. The van der Waals surface area contributed by atoms with Crippen molar-refractivity contribution in [3.63, 3.8) is 0 Å². The van der Waals surface area contributed by atoms with Crippen LogP contribution in [-0.4, -0.2) is 48.4 Å². The monoisotopic (exact) mass is 344 g/mol. The fraction of sp³-hybridized carbons (Fsp3) is 0.333. The highest BCUT2D eigenvalue weighted by atomic mass is 32.1. The highest BCUT2D eigenvalue weighted by Gasteiger charge is 2.33. The van der Waals surface area contributed by atoms with E-state index in [9.17, 15) is 9.59 Å². The molecule has 5 nitrogen and oxygen atoms in total. The number of hydrogen-bond acceptors (Lipinski definition) is 4. The molecular weight excluding hydrogens is 324 g/mol. The maximum atomic E-state index is 12.9. The Labute approximate surface area is 145 Å². The highest BCUT2D eigenvalue weighted by Crippen LogP contribution is 2.29. The third-order valence-corrected chi connectivity index (χ3v) is 5.18. The van der Waals surface area contributed by atoms with E-state index in [1.54, 1.807) is 18.9 Å². The lowest BCUT2D eigenvalue weighted by Gasteiger charge is -2.41. The summed E-state index contributed by atoms with van der Waals surface area (Å²) in [4.78, 5) is 29.0. The van der Waals surface area contributed by atoms with Crippen molar-refractivity contribution in [2.24, 2.45) is 0 Å². The number of hydrogen-bond donors (Lipinski definition) is 0. The van der Waals surface area contributed by atoms with Gasteiger partial charge in [0, 0.05) is 26.6 Å². The molecule has 0 unspecified atom stereocenters. The lowest BCUT2D eigenvalue weighted by molar-refractivity contribution is -0.131. The average Bonchev–Trinajstić information content (AvgIpc) is 3.15. The zero-order chi connectivity index (χ0) is 17.1. The Morgan fingerprint density at radius 3 is 2.50 bits per heavy atom. The molecule has 2 heterocycles. The van der Waals surface area contributed by atoms with Gasteiger partial charge in [0.25, 0.3) is 5.91 Å². The maximum absolute atomic E-state index is 12.9. The fourth-order valence-corrected chi connectivity index (χ4v) is 3.64. The van der Waals surface area contributed by atoms with Crippen LogP contribution in [0, 0.1) is 0 Å². The molecule has 126 valence electrons. The molecule has 1 aliphatic rings. The molecule has 0 saturated carbocycles. The molecular formula is C18H20N2O3S. The van der Waals surface area contributed by atoms with Gasteiger partial charge in [-0.15, -0.1) is 11.3 Å². The number of methoxy groups -OCH3 is 1. The molecule has 1 saturated heterocycles. The van der Waals surface area contributed by atoms with Crippen molar-refractivity contribution in [2.45, 2.75) is 13.0 Å². The van der Waals surface area contributed by atoms with E-state index in [2.05, 4.69) is 0 Å². The van der Waals surface area contributed by atoms with Gasteiger partial charge >= 0.3 is 0 Å². The minimum Gasteiger partial charge on any atom is -0.497 e. The third-order valence-electron chi connectivity index (χ3n) is 4.32. The quantitative estimate of drug-likeness (QED) is 0.860. The topological polar surface area (TPSA) is 49.9 Å². The summed E-state index contributed by atoms with van der Waals surface area (Å²) in [5, 5.41) is 1.90. The first kappa shape index (κ1) is 16.5. The van der Waals surface area contributed by atoms with E-state index in [1.807, 2.05) is 46.7 Å². The van der Waals surface area contributed by atoms with Gasteiger partial charge < -0.3 is 14.5 Å². The summed E-state index contributed by atoms with van der Waals surface area (Å²) in [6, 6.07) is 11.3. The molecule has 1 aromatic carbocycles. The molecule has 0 radical (unpaired) electrons. The van der Waals surface area contributed by atoms with Gasteiger partial charge in [-0.1, -0.05) is 18.2 Å². The van der Waals surface area contributed by atoms with Crippen LogP contribution >= 0.6 is 11.3 Å². The normalized spacial score (nSPS) is 17.7. The van der Waals surface area contributed by atoms with Crippen LogP contribution in [0.4, 0.5) is 0 Å². The third kappa shape index (κ3) is 3.28. The number of ether oxygens (including phenoxy) is 1. The average molecular weight is 344 g/mol. The van der Waals surface area contributed by atoms with Gasteiger partial charge in [-0.3, -0.25) is 9.59 Å². The van der Waals surface area contributed by atoms with E-state index < -0.39 is 0 Å². The van der Waals surface area contributed by atoms with Crippen molar-refractivity contribution >= 4 is 23.2 Å². The van der Waals surface area contributed by atoms with Crippen LogP contribution < -0.4 is 4.74 Å². The number of rotatable bonds is 3. The SMILES string of the molecule is COc1ccc([C@@H]2CN(C(C)=O)CCN2C(=O)c2cccs2)cc1. The van der Waals surface area contributed by atoms with Crippen LogP contribution in [0.1, 0.15) is 28.2 Å². The van der Waals surface area contributed by atoms with Crippen LogP contribution in [0.2, 0.25) is 0 Å². The summed E-state index contributed by atoms with van der Waals surface area (Å²) < 4.78 is 5.21. The molecule has 3 rings (SSSR count). The number of piperazine rings is 1. The predicted octanol–water partition coefficient (Wildman–Crippen LogP) is 2.80. The zero-order valence-corrected chi connectivity index (χ0v) is 14.6. The molecule has 0 N–H and O–H groups in total. The Bertz CT molecular complexity index is 712. The van der Waals surface area contributed by atoms with Crippen LogP contribution in [0.25, 0.3) is 0 Å². The van der Waals surface area contributed by atoms with E-state index in [-0.39, 0.29) is 17.9 Å². The number of nitrogens with zero attached hydrogens (tertiary/aromatic N) is 2. The van der Waals surface area contributed by atoms with Crippen molar-refractivity contribution in [3.8, 4) is 5.75 Å². The number of carbonyl (C=O) groups excluding carboxylic acids is 2. The largest absolute Gasteiger partial charge is 0.497 e. The molecule has 24 heavy (non-hydrogen) atoms. The lowest BCUT2D eigenvalue weighted by Crippen LogP contribution is -2.51. The van der Waals surface area contributed by atoms with Gasteiger partial charge in [-0.2, -0.15) is 0 Å². The molecule has 2 amide bonds. The Kier molecular flexibility index (Phi) is 4.85. The predicted molar refractivity (Wildman–Crippen MR) is 93.3 cm³/mol. The second kappa shape index (κ2) is 7.05. The van der Waals surface area contributed by atoms with Crippen LogP contribution in [0.15, 0.2) is 41.8 Å². The Morgan fingerprint density at radius 2 is 1.92 bits per heavy atom. The molecule has 1 fully saturated rings. The standard InChI is InChI=1S/C18H20N2O3S/c1-13(21)19-9-10-20(18(22)17-4-3-11-24-17)16(12-19)14-5-7-15(23-2)8-6-14/h3-8,11,16H,9-10,12H2,1-2H3/t16-/m0/s1. The van der Waals surface area contributed by atoms with Gasteiger partial charge in [0.2, 0.25) is 5.91 Å². The molecule has 0 bridgehead atoms. The fourth-order valence-electron chi connectivity index (χ4n) is 2.97. The highest BCUT2D eigenvalue weighted by molar-refractivity contribution is 7.12. The van der Waals surface area contributed by atoms with Gasteiger partial charge in [-0.25, -0.2) is 0 Å². The van der Waals surface area contributed by atoms with Crippen molar-refractivity contribution in [2.75, 3.05) is 26.7 Å². The van der Waals surface area contributed by atoms with Crippen molar-refractivity contribution in [3.05, 3.63) is 52.2 Å². The van der Waals surface area contributed by atoms with Crippen LogP contribution in [0.5, 0.6) is 5.75 Å². The van der Waals surface area contributed by atoms with Crippen molar-refractivity contribution in [1.82, 2.24) is 9.80 Å². The zero-order valence-electron chi connectivity index (χ0n) is 13.8. The van der Waals surface area contributed by atoms with Gasteiger partial charge in [0.1, 0.15) is 5.75 Å². The van der Waals surface area contributed by atoms with Crippen LogP contribution in [-0.2, 0) is 4.79 Å². The van der Waals surface area contributed by atoms with E-state index >= 15 is 0 Å². The maximum Gasteiger partial charge on any atom is 0.264 e.